The number of aryl methyl sites for hydroxylation is 1. The standard InChI is InChI=1S/C26H25Cl2NO/c1-17-9-12-19(13-10-17)26(4)16-25(2,3)29(23-8-6-5-7-20(23)26)24(30)18-11-14-21(27)22(28)15-18/h5-15H,16H2,1-4H3/t26-/m0/s1. The van der Waals surface area contributed by atoms with Gasteiger partial charge in [0, 0.05) is 22.2 Å². The average molecular weight is 438 g/mol. The van der Waals surface area contributed by atoms with E-state index in [0.29, 0.717) is 15.6 Å². The van der Waals surface area contributed by atoms with E-state index in [9.17, 15) is 4.79 Å². The maximum atomic E-state index is 13.7. The molecule has 1 aliphatic heterocycles. The maximum absolute atomic E-state index is 13.7. The summed E-state index contributed by atoms with van der Waals surface area (Å²) in [5, 5.41) is 0.827. The number of carbonyl (C=O) groups is 1. The van der Waals surface area contributed by atoms with Gasteiger partial charge in [-0.25, -0.2) is 0 Å². The number of benzene rings is 3. The normalized spacial score (nSPS) is 20.0. The molecule has 1 atom stereocenters. The predicted octanol–water partition coefficient (Wildman–Crippen LogP) is 7.44. The van der Waals surface area contributed by atoms with Crippen molar-refractivity contribution in [1.82, 2.24) is 0 Å². The van der Waals surface area contributed by atoms with Gasteiger partial charge in [-0.1, -0.05) is 78.2 Å². The van der Waals surface area contributed by atoms with Crippen LogP contribution in [0.5, 0.6) is 0 Å². The fourth-order valence-corrected chi connectivity index (χ4v) is 5.12. The first-order valence-electron chi connectivity index (χ1n) is 10.1. The van der Waals surface area contributed by atoms with Crippen LogP contribution < -0.4 is 4.90 Å². The summed E-state index contributed by atoms with van der Waals surface area (Å²) >= 11 is 12.3. The lowest BCUT2D eigenvalue weighted by Gasteiger charge is -2.51. The first kappa shape index (κ1) is 21.0. The molecule has 30 heavy (non-hydrogen) atoms. The molecule has 0 bridgehead atoms. The molecular formula is C26H25Cl2NO. The molecular weight excluding hydrogens is 413 g/mol. The van der Waals surface area contributed by atoms with Crippen LogP contribution in [0.2, 0.25) is 10.0 Å². The smallest absolute Gasteiger partial charge is 0.258 e. The van der Waals surface area contributed by atoms with Gasteiger partial charge in [-0.15, -0.1) is 0 Å². The van der Waals surface area contributed by atoms with Crippen LogP contribution in [0.4, 0.5) is 5.69 Å². The van der Waals surface area contributed by atoms with Crippen LogP contribution in [-0.4, -0.2) is 11.4 Å². The number of carbonyl (C=O) groups excluding carboxylic acids is 1. The van der Waals surface area contributed by atoms with Gasteiger partial charge in [0.1, 0.15) is 0 Å². The predicted molar refractivity (Wildman–Crippen MR) is 126 cm³/mol. The topological polar surface area (TPSA) is 20.3 Å². The zero-order valence-electron chi connectivity index (χ0n) is 17.7. The fraction of sp³-hybridized carbons (Fsp3) is 0.269. The molecule has 0 aliphatic carbocycles. The van der Waals surface area contributed by atoms with E-state index in [-0.39, 0.29) is 11.3 Å². The van der Waals surface area contributed by atoms with Crippen molar-refractivity contribution in [3.63, 3.8) is 0 Å². The highest BCUT2D eigenvalue weighted by Crippen LogP contribution is 2.50. The van der Waals surface area contributed by atoms with Crippen molar-refractivity contribution < 1.29 is 4.79 Å². The van der Waals surface area contributed by atoms with Crippen molar-refractivity contribution in [1.29, 1.82) is 0 Å². The Bertz CT molecular complexity index is 1120. The van der Waals surface area contributed by atoms with E-state index in [2.05, 4.69) is 58.0 Å². The third kappa shape index (κ3) is 3.42. The number of anilines is 1. The van der Waals surface area contributed by atoms with Gasteiger partial charge in [-0.2, -0.15) is 0 Å². The number of para-hydroxylation sites is 1. The molecule has 0 spiro atoms. The van der Waals surface area contributed by atoms with E-state index in [1.54, 1.807) is 18.2 Å². The second kappa shape index (κ2) is 7.44. The molecule has 1 heterocycles. The SMILES string of the molecule is Cc1ccc([C@]2(C)CC(C)(C)N(C(=O)c3ccc(Cl)c(Cl)c3)c3ccccc32)cc1. The molecule has 0 unspecified atom stereocenters. The van der Waals surface area contributed by atoms with E-state index in [1.807, 2.05) is 23.1 Å². The van der Waals surface area contributed by atoms with E-state index < -0.39 is 5.54 Å². The van der Waals surface area contributed by atoms with Crippen molar-refractivity contribution in [3.8, 4) is 0 Å². The van der Waals surface area contributed by atoms with Crippen molar-refractivity contribution in [2.24, 2.45) is 0 Å². The van der Waals surface area contributed by atoms with E-state index in [1.165, 1.54) is 11.1 Å². The molecule has 1 amide bonds. The zero-order valence-corrected chi connectivity index (χ0v) is 19.2. The highest BCUT2D eigenvalue weighted by molar-refractivity contribution is 6.42. The van der Waals surface area contributed by atoms with Crippen LogP contribution in [0.25, 0.3) is 0 Å². The summed E-state index contributed by atoms with van der Waals surface area (Å²) in [5.74, 6) is -0.0722. The van der Waals surface area contributed by atoms with Crippen molar-refractivity contribution in [3.05, 3.63) is 99.0 Å². The maximum Gasteiger partial charge on any atom is 0.258 e. The lowest BCUT2D eigenvalue weighted by Crippen LogP contribution is -2.55. The first-order valence-corrected chi connectivity index (χ1v) is 10.9. The molecule has 0 radical (unpaired) electrons. The highest BCUT2D eigenvalue weighted by Gasteiger charge is 2.47. The van der Waals surface area contributed by atoms with Gasteiger partial charge < -0.3 is 4.90 Å². The monoisotopic (exact) mass is 437 g/mol. The van der Waals surface area contributed by atoms with Crippen molar-refractivity contribution in [2.75, 3.05) is 4.90 Å². The summed E-state index contributed by atoms with van der Waals surface area (Å²) in [7, 11) is 0. The summed E-state index contributed by atoms with van der Waals surface area (Å²) in [4.78, 5) is 15.6. The number of hydrogen-bond donors (Lipinski definition) is 0. The Morgan fingerprint density at radius 1 is 0.900 bits per heavy atom. The van der Waals surface area contributed by atoms with Gasteiger partial charge in [0.05, 0.1) is 10.0 Å². The second-order valence-electron chi connectivity index (χ2n) is 8.97. The molecule has 1 aliphatic rings. The summed E-state index contributed by atoms with van der Waals surface area (Å²) in [6.45, 7) is 8.64. The Hall–Kier alpha value is -2.29. The Morgan fingerprint density at radius 3 is 2.23 bits per heavy atom. The van der Waals surface area contributed by atoms with Crippen molar-refractivity contribution in [2.45, 2.75) is 45.1 Å². The molecule has 4 rings (SSSR count). The average Bonchev–Trinajstić information content (AvgIpc) is 2.69. The Morgan fingerprint density at radius 2 is 1.57 bits per heavy atom. The molecule has 0 fully saturated rings. The number of fused-ring (bicyclic) bond motifs is 1. The highest BCUT2D eigenvalue weighted by atomic mass is 35.5. The van der Waals surface area contributed by atoms with Crippen LogP contribution >= 0.6 is 23.2 Å². The first-order chi connectivity index (χ1) is 14.1. The van der Waals surface area contributed by atoms with E-state index in [4.69, 9.17) is 23.2 Å². The van der Waals surface area contributed by atoms with Gasteiger partial charge in [-0.05, 0) is 62.6 Å². The minimum absolute atomic E-state index is 0.0722. The molecule has 0 aromatic heterocycles. The van der Waals surface area contributed by atoms with Gasteiger partial charge in [0.2, 0.25) is 0 Å². The largest absolute Gasteiger partial charge is 0.302 e. The van der Waals surface area contributed by atoms with Gasteiger partial charge in [-0.3, -0.25) is 4.79 Å². The molecule has 3 aromatic rings. The van der Waals surface area contributed by atoms with Crippen LogP contribution in [0.15, 0.2) is 66.7 Å². The third-order valence-electron chi connectivity index (χ3n) is 6.19. The third-order valence-corrected chi connectivity index (χ3v) is 6.93. The number of rotatable bonds is 2. The van der Waals surface area contributed by atoms with Gasteiger partial charge in [0.15, 0.2) is 0 Å². The molecule has 0 saturated heterocycles. The lowest BCUT2D eigenvalue weighted by molar-refractivity contribution is 0.0948. The number of amides is 1. The van der Waals surface area contributed by atoms with Crippen LogP contribution in [0.1, 0.15) is 54.2 Å². The lowest BCUT2D eigenvalue weighted by atomic mass is 9.65. The molecule has 3 aromatic carbocycles. The van der Waals surface area contributed by atoms with Crippen molar-refractivity contribution >= 4 is 34.8 Å². The number of halogens is 2. The zero-order chi connectivity index (χ0) is 21.7. The summed E-state index contributed by atoms with van der Waals surface area (Å²) in [6.07, 6.45) is 0.799. The molecule has 154 valence electrons. The minimum atomic E-state index is -0.406. The van der Waals surface area contributed by atoms with Crippen LogP contribution in [0.3, 0.4) is 0 Å². The molecule has 4 heteroatoms. The number of nitrogens with zero attached hydrogens (tertiary/aromatic N) is 1. The molecule has 2 nitrogen and oxygen atoms in total. The van der Waals surface area contributed by atoms with Gasteiger partial charge >= 0.3 is 0 Å². The Balaban J connectivity index is 1.87. The molecule has 0 saturated carbocycles. The summed E-state index contributed by atoms with van der Waals surface area (Å²) < 4.78 is 0. The van der Waals surface area contributed by atoms with E-state index in [0.717, 1.165) is 17.7 Å². The second-order valence-corrected chi connectivity index (χ2v) is 9.79. The van der Waals surface area contributed by atoms with Crippen LogP contribution in [0, 0.1) is 6.92 Å². The Labute approximate surface area is 188 Å². The summed E-state index contributed by atoms with van der Waals surface area (Å²) in [5.41, 5.74) is 4.51. The quantitative estimate of drug-likeness (QED) is 0.407. The summed E-state index contributed by atoms with van der Waals surface area (Å²) in [6, 6.07) is 22.0. The number of hydrogen-bond acceptors (Lipinski definition) is 1. The fourth-order valence-electron chi connectivity index (χ4n) is 4.82. The molecule has 0 N–H and O–H groups in total. The van der Waals surface area contributed by atoms with Crippen LogP contribution in [-0.2, 0) is 5.41 Å². The van der Waals surface area contributed by atoms with E-state index >= 15 is 0 Å². The minimum Gasteiger partial charge on any atom is -0.302 e. The van der Waals surface area contributed by atoms with Gasteiger partial charge in [0.25, 0.3) is 5.91 Å². The Kier molecular flexibility index (Phi) is 5.20.